The summed E-state index contributed by atoms with van der Waals surface area (Å²) in [5.41, 5.74) is 1.05. The van der Waals surface area contributed by atoms with Gasteiger partial charge in [0.2, 0.25) is 0 Å². The molecule has 1 saturated heterocycles. The van der Waals surface area contributed by atoms with Crippen LogP contribution in [0.3, 0.4) is 0 Å². The molecule has 6 aromatic rings. The van der Waals surface area contributed by atoms with Gasteiger partial charge in [-0.2, -0.15) is 0 Å². The number of fused-ring (bicyclic) bond motifs is 4. The van der Waals surface area contributed by atoms with Gasteiger partial charge >= 0.3 is 0 Å². The number of rotatable bonds is 6. The van der Waals surface area contributed by atoms with Gasteiger partial charge < -0.3 is 14.7 Å². The summed E-state index contributed by atoms with van der Waals surface area (Å²) in [6.45, 7) is 4.32. The van der Waals surface area contributed by atoms with E-state index < -0.39 is 0 Å². The third-order valence-corrected chi connectivity index (χ3v) is 10.4. The number of piperidine rings is 1. The molecule has 10 heteroatoms. The Bertz CT molecular complexity index is 2070. The number of halogens is 2. The molecule has 0 spiro atoms. The Morgan fingerprint density at radius 2 is 1.35 bits per heavy atom. The predicted octanol–water partition coefficient (Wildman–Crippen LogP) is 8.30. The van der Waals surface area contributed by atoms with E-state index in [1.54, 1.807) is 34.8 Å². The molecule has 0 unspecified atom stereocenters. The van der Waals surface area contributed by atoms with Gasteiger partial charge in [0, 0.05) is 59.0 Å². The van der Waals surface area contributed by atoms with Gasteiger partial charge in [-0.3, -0.25) is 14.5 Å². The molecule has 46 heavy (non-hydrogen) atoms. The zero-order valence-electron chi connectivity index (χ0n) is 25.9. The zero-order chi connectivity index (χ0) is 30.6. The van der Waals surface area contributed by atoms with Crippen LogP contribution >= 0.6 is 47.5 Å². The highest BCUT2D eigenvalue weighted by molar-refractivity contribution is 7.25. The molecule has 0 atom stereocenters. The minimum absolute atomic E-state index is 0. The summed E-state index contributed by atoms with van der Waals surface area (Å²) < 4.78 is 9.65. The van der Waals surface area contributed by atoms with E-state index in [4.69, 9.17) is 4.74 Å². The van der Waals surface area contributed by atoms with Crippen LogP contribution < -0.4 is 15.6 Å². The molecule has 6 nitrogen and oxygen atoms in total. The molecule has 0 aliphatic carbocycles. The molecule has 3 heterocycles. The van der Waals surface area contributed by atoms with Gasteiger partial charge in [-0.25, -0.2) is 0 Å². The minimum Gasteiger partial charge on any atom is -0.508 e. The molecular formula is C36H38Cl2N2O4S2. The highest BCUT2D eigenvalue weighted by Gasteiger charge is 2.17. The van der Waals surface area contributed by atoms with Crippen molar-refractivity contribution in [1.29, 1.82) is 0 Å². The number of ether oxygens (including phenoxy) is 1. The Hall–Kier alpha value is -3.24. The Labute approximate surface area is 288 Å². The van der Waals surface area contributed by atoms with Gasteiger partial charge in [0.05, 0.1) is 0 Å². The molecular weight excluding hydrogens is 659 g/mol. The molecule has 0 amide bonds. The van der Waals surface area contributed by atoms with E-state index in [2.05, 4.69) is 9.80 Å². The second kappa shape index (κ2) is 16.0. The van der Waals surface area contributed by atoms with Crippen LogP contribution in [-0.2, 0) is 6.54 Å². The summed E-state index contributed by atoms with van der Waals surface area (Å²) in [6.07, 6.45) is 3.71. The Morgan fingerprint density at radius 3 is 2.02 bits per heavy atom. The van der Waals surface area contributed by atoms with Crippen LogP contribution in [0.1, 0.15) is 24.8 Å². The summed E-state index contributed by atoms with van der Waals surface area (Å²) in [5, 5.41) is 13.4. The summed E-state index contributed by atoms with van der Waals surface area (Å²) in [7, 11) is 4.01. The average molecular weight is 698 g/mol. The Kier molecular flexibility index (Phi) is 12.4. The Balaban J connectivity index is 0.000000201. The summed E-state index contributed by atoms with van der Waals surface area (Å²) in [5.74, 6) is 1.05. The highest BCUT2D eigenvalue weighted by atomic mass is 35.5. The molecule has 7 rings (SSSR count). The maximum absolute atomic E-state index is 12.8. The first kappa shape index (κ1) is 35.6. The third kappa shape index (κ3) is 7.82. The van der Waals surface area contributed by atoms with Crippen LogP contribution in [0.25, 0.3) is 40.3 Å². The summed E-state index contributed by atoms with van der Waals surface area (Å²) in [4.78, 5) is 29.8. The van der Waals surface area contributed by atoms with E-state index in [-0.39, 0.29) is 35.7 Å². The molecule has 1 aliphatic rings. The highest BCUT2D eigenvalue weighted by Crippen LogP contribution is 2.34. The van der Waals surface area contributed by atoms with Crippen molar-refractivity contribution in [2.24, 2.45) is 0 Å². The first-order valence-corrected chi connectivity index (χ1v) is 16.6. The van der Waals surface area contributed by atoms with Crippen molar-refractivity contribution in [3.63, 3.8) is 0 Å². The summed E-state index contributed by atoms with van der Waals surface area (Å²) >= 11 is 3.25. The van der Waals surface area contributed by atoms with Crippen molar-refractivity contribution in [1.82, 2.24) is 9.80 Å². The predicted molar refractivity (Wildman–Crippen MR) is 201 cm³/mol. The monoisotopic (exact) mass is 696 g/mol. The fourth-order valence-corrected chi connectivity index (χ4v) is 7.88. The van der Waals surface area contributed by atoms with Crippen molar-refractivity contribution in [3.8, 4) is 11.5 Å². The number of phenols is 1. The number of phenolic OH excluding ortho intramolecular Hbond substituents is 1. The maximum atomic E-state index is 12.8. The second-order valence-electron chi connectivity index (χ2n) is 11.4. The van der Waals surface area contributed by atoms with E-state index in [1.807, 2.05) is 80.8 Å². The van der Waals surface area contributed by atoms with E-state index in [0.717, 1.165) is 77.8 Å². The first-order valence-electron chi connectivity index (χ1n) is 15.0. The van der Waals surface area contributed by atoms with E-state index in [9.17, 15) is 14.7 Å². The van der Waals surface area contributed by atoms with Crippen molar-refractivity contribution < 1.29 is 9.84 Å². The number of likely N-dealkylation sites (tertiary alicyclic amines) is 1. The van der Waals surface area contributed by atoms with Crippen molar-refractivity contribution in [2.75, 3.05) is 40.3 Å². The summed E-state index contributed by atoms with van der Waals surface area (Å²) in [6, 6.07) is 24.6. The lowest BCUT2D eigenvalue weighted by atomic mass is 10.1. The van der Waals surface area contributed by atoms with E-state index in [1.165, 1.54) is 19.3 Å². The molecule has 1 aliphatic heterocycles. The number of hydrogen-bond donors (Lipinski definition) is 1. The number of benzene rings is 4. The number of nitrogens with zero attached hydrogens (tertiary/aromatic N) is 2. The van der Waals surface area contributed by atoms with Gasteiger partial charge in [0.25, 0.3) is 0 Å². The van der Waals surface area contributed by atoms with Crippen LogP contribution in [-0.4, -0.2) is 55.2 Å². The number of likely N-dealkylation sites (N-methyl/N-ethyl adjacent to an activating group) is 1. The first-order chi connectivity index (χ1) is 21.4. The normalized spacial score (nSPS) is 13.3. The van der Waals surface area contributed by atoms with Gasteiger partial charge in [-0.1, -0.05) is 30.7 Å². The minimum atomic E-state index is 0. The molecule has 4 aromatic carbocycles. The molecule has 242 valence electrons. The lowest BCUT2D eigenvalue weighted by molar-refractivity contribution is 0.219. The quantitative estimate of drug-likeness (QED) is 0.177. The van der Waals surface area contributed by atoms with Gasteiger partial charge in [0.15, 0.2) is 10.9 Å². The van der Waals surface area contributed by atoms with Crippen LogP contribution in [0.4, 0.5) is 0 Å². The van der Waals surface area contributed by atoms with Crippen molar-refractivity contribution in [3.05, 3.63) is 105 Å². The molecule has 1 N–H and O–H groups in total. The molecule has 2 aromatic heterocycles. The number of aromatic hydroxyl groups is 1. The van der Waals surface area contributed by atoms with Crippen LogP contribution in [0, 0.1) is 0 Å². The van der Waals surface area contributed by atoms with Crippen molar-refractivity contribution in [2.45, 2.75) is 25.8 Å². The van der Waals surface area contributed by atoms with Gasteiger partial charge in [-0.05, 0) is 94.6 Å². The fourth-order valence-electron chi connectivity index (χ4n) is 5.62. The van der Waals surface area contributed by atoms with E-state index >= 15 is 0 Å². The van der Waals surface area contributed by atoms with Crippen LogP contribution in [0.2, 0.25) is 0 Å². The second-order valence-corrected chi connectivity index (χ2v) is 13.6. The van der Waals surface area contributed by atoms with Gasteiger partial charge in [0.1, 0.15) is 18.1 Å². The molecule has 0 saturated carbocycles. The standard InChI is InChI=1S/C19H19NO2S.C17H17NO2S.2ClH/c21-16-9-8-14-18(22)13-6-2-3-7-17(13)23-19(14)15(16)12-20-10-4-1-5-11-20;1-18(2)9-10-20-12-7-8-16-14(11-12)17(19)13-5-3-4-6-15(13)21-16;;/h2-3,6-9,21H,1,4-5,10-12H2;3-8,11H,9-10H2,1-2H3;2*1H. The molecule has 1 fully saturated rings. The lowest BCUT2D eigenvalue weighted by Crippen LogP contribution is -2.29. The topological polar surface area (TPSA) is 70.1 Å². The molecule has 0 bridgehead atoms. The maximum Gasteiger partial charge on any atom is 0.196 e. The zero-order valence-corrected chi connectivity index (χ0v) is 29.1. The van der Waals surface area contributed by atoms with E-state index in [0.29, 0.717) is 12.4 Å². The average Bonchev–Trinajstić information content (AvgIpc) is 3.04. The van der Waals surface area contributed by atoms with Gasteiger partial charge in [-0.15, -0.1) is 47.5 Å². The Morgan fingerprint density at radius 1 is 0.739 bits per heavy atom. The number of hydrogen-bond acceptors (Lipinski definition) is 8. The third-order valence-electron chi connectivity index (χ3n) is 8.01. The fraction of sp³-hybridized carbons (Fsp3) is 0.278. The van der Waals surface area contributed by atoms with Crippen LogP contribution in [0.5, 0.6) is 11.5 Å². The smallest absolute Gasteiger partial charge is 0.196 e. The van der Waals surface area contributed by atoms with Crippen molar-refractivity contribution >= 4 is 87.8 Å². The largest absolute Gasteiger partial charge is 0.508 e. The SMILES string of the molecule is CN(C)CCOc1ccc2sc3ccccc3c(=O)c2c1.Cl.Cl.O=c1c2ccccc2sc2c(CN3CCCCC3)c(O)ccc12. The lowest BCUT2D eigenvalue weighted by Gasteiger charge is -2.27. The van der Waals surface area contributed by atoms with Crippen LogP contribution in [0.15, 0.2) is 88.5 Å². The molecule has 0 radical (unpaired) electrons.